The second-order valence-electron chi connectivity index (χ2n) is 5.84. The predicted molar refractivity (Wildman–Crippen MR) is 86.0 cm³/mol. The number of rotatable bonds is 7. The lowest BCUT2D eigenvalue weighted by atomic mass is 10.1. The first kappa shape index (κ1) is 15.8. The molecule has 1 saturated heterocycles. The maximum absolute atomic E-state index is 11.3. The van der Waals surface area contributed by atoms with Crippen LogP contribution in [0.4, 0.5) is 11.4 Å². The maximum Gasteiger partial charge on any atom is 0.292 e. The van der Waals surface area contributed by atoms with E-state index in [9.17, 15) is 10.1 Å². The Morgan fingerprint density at radius 2 is 2.29 bits per heavy atom. The molecule has 0 bridgehead atoms. The third-order valence-electron chi connectivity index (χ3n) is 4.05. The van der Waals surface area contributed by atoms with E-state index in [0.29, 0.717) is 6.04 Å². The molecule has 1 fully saturated rings. The Morgan fingerprint density at radius 3 is 2.90 bits per heavy atom. The van der Waals surface area contributed by atoms with E-state index in [4.69, 9.17) is 0 Å². The number of nitro groups is 1. The van der Waals surface area contributed by atoms with Crippen LogP contribution >= 0.6 is 0 Å². The summed E-state index contributed by atoms with van der Waals surface area (Å²) in [5.41, 5.74) is 2.05. The van der Waals surface area contributed by atoms with Gasteiger partial charge >= 0.3 is 0 Å². The van der Waals surface area contributed by atoms with Crippen molar-refractivity contribution in [1.29, 1.82) is 0 Å². The number of nitro benzene ring substituents is 1. The SMILES string of the molecule is CCCCN(CC1CCCN1)c1cc(C)ccc1[N+](=O)[O-]. The van der Waals surface area contributed by atoms with E-state index in [0.717, 1.165) is 50.1 Å². The van der Waals surface area contributed by atoms with Crippen molar-refractivity contribution in [3.63, 3.8) is 0 Å². The Kier molecular flexibility index (Phi) is 5.56. The number of aryl methyl sites for hydroxylation is 1. The Bertz CT molecular complexity index is 484. The van der Waals surface area contributed by atoms with Gasteiger partial charge in [0.25, 0.3) is 5.69 Å². The summed E-state index contributed by atoms with van der Waals surface area (Å²) in [6.45, 7) is 6.92. The van der Waals surface area contributed by atoms with Crippen molar-refractivity contribution in [2.45, 2.75) is 45.6 Å². The number of unbranched alkanes of at least 4 members (excludes halogenated alkanes) is 1. The van der Waals surface area contributed by atoms with Crippen LogP contribution in [0, 0.1) is 17.0 Å². The molecule has 0 radical (unpaired) electrons. The fourth-order valence-corrected chi connectivity index (χ4v) is 2.88. The van der Waals surface area contributed by atoms with Gasteiger partial charge in [-0.05, 0) is 44.4 Å². The Morgan fingerprint density at radius 1 is 1.48 bits per heavy atom. The maximum atomic E-state index is 11.3. The van der Waals surface area contributed by atoms with Gasteiger partial charge in [-0.2, -0.15) is 0 Å². The molecule has 1 atom stereocenters. The first-order valence-corrected chi connectivity index (χ1v) is 7.85. The summed E-state index contributed by atoms with van der Waals surface area (Å²) < 4.78 is 0. The van der Waals surface area contributed by atoms with Gasteiger partial charge in [0, 0.05) is 25.2 Å². The highest BCUT2D eigenvalue weighted by Gasteiger charge is 2.23. The summed E-state index contributed by atoms with van der Waals surface area (Å²) in [7, 11) is 0. The first-order chi connectivity index (χ1) is 10.1. The van der Waals surface area contributed by atoms with Gasteiger partial charge in [0.15, 0.2) is 0 Å². The highest BCUT2D eigenvalue weighted by molar-refractivity contribution is 5.64. The molecular formula is C16H25N3O2. The van der Waals surface area contributed by atoms with E-state index in [-0.39, 0.29) is 10.6 Å². The first-order valence-electron chi connectivity index (χ1n) is 7.85. The number of anilines is 1. The molecule has 5 nitrogen and oxygen atoms in total. The van der Waals surface area contributed by atoms with E-state index in [1.165, 1.54) is 6.42 Å². The minimum absolute atomic E-state index is 0.217. The monoisotopic (exact) mass is 291 g/mol. The standard InChI is InChI=1S/C16H25N3O2/c1-3-4-10-18(12-14-6-5-9-17-14)16-11-13(2)7-8-15(16)19(20)21/h7-8,11,14,17H,3-6,9-10,12H2,1-2H3. The molecule has 0 aliphatic carbocycles. The average Bonchev–Trinajstić information content (AvgIpc) is 2.96. The van der Waals surface area contributed by atoms with Crippen molar-refractivity contribution >= 4 is 11.4 Å². The minimum atomic E-state index is -0.268. The predicted octanol–water partition coefficient (Wildman–Crippen LogP) is 3.26. The third kappa shape index (κ3) is 4.17. The van der Waals surface area contributed by atoms with Gasteiger partial charge in [-0.25, -0.2) is 0 Å². The van der Waals surface area contributed by atoms with Gasteiger partial charge < -0.3 is 10.2 Å². The molecule has 116 valence electrons. The molecule has 2 rings (SSSR count). The summed E-state index contributed by atoms with van der Waals surface area (Å²) in [6, 6.07) is 5.84. The van der Waals surface area contributed by atoms with E-state index in [1.54, 1.807) is 6.07 Å². The average molecular weight is 291 g/mol. The van der Waals surface area contributed by atoms with Crippen molar-refractivity contribution < 1.29 is 4.92 Å². The zero-order valence-corrected chi connectivity index (χ0v) is 13.0. The van der Waals surface area contributed by atoms with Gasteiger partial charge in [-0.3, -0.25) is 10.1 Å². The Labute approximate surface area is 126 Å². The van der Waals surface area contributed by atoms with Crippen LogP contribution in [0.25, 0.3) is 0 Å². The van der Waals surface area contributed by atoms with Crippen molar-refractivity contribution in [3.05, 3.63) is 33.9 Å². The Hall–Kier alpha value is -1.62. The van der Waals surface area contributed by atoms with Gasteiger partial charge in [0.05, 0.1) is 4.92 Å². The van der Waals surface area contributed by atoms with Gasteiger partial charge in [-0.1, -0.05) is 19.4 Å². The van der Waals surface area contributed by atoms with Crippen molar-refractivity contribution in [1.82, 2.24) is 5.32 Å². The molecule has 1 N–H and O–H groups in total. The van der Waals surface area contributed by atoms with E-state index >= 15 is 0 Å². The molecule has 0 aromatic heterocycles. The number of benzene rings is 1. The van der Waals surface area contributed by atoms with Gasteiger partial charge in [0.2, 0.25) is 0 Å². The van der Waals surface area contributed by atoms with Crippen molar-refractivity contribution in [2.24, 2.45) is 0 Å². The summed E-state index contributed by atoms with van der Waals surface area (Å²) in [5.74, 6) is 0. The smallest absolute Gasteiger partial charge is 0.292 e. The molecule has 21 heavy (non-hydrogen) atoms. The molecule has 0 saturated carbocycles. The highest BCUT2D eigenvalue weighted by Crippen LogP contribution is 2.30. The summed E-state index contributed by atoms with van der Waals surface area (Å²) in [5, 5.41) is 14.8. The lowest BCUT2D eigenvalue weighted by molar-refractivity contribution is -0.384. The van der Waals surface area contributed by atoms with Crippen molar-refractivity contribution in [2.75, 3.05) is 24.5 Å². The third-order valence-corrected chi connectivity index (χ3v) is 4.05. The molecule has 1 aromatic carbocycles. The molecular weight excluding hydrogens is 266 g/mol. The zero-order valence-electron chi connectivity index (χ0n) is 13.0. The van der Waals surface area contributed by atoms with Crippen LogP contribution in [-0.2, 0) is 0 Å². The van der Waals surface area contributed by atoms with Crippen LogP contribution < -0.4 is 10.2 Å². The second kappa shape index (κ2) is 7.41. The lowest BCUT2D eigenvalue weighted by Crippen LogP contribution is -2.38. The molecule has 1 aromatic rings. The fourth-order valence-electron chi connectivity index (χ4n) is 2.88. The number of hydrogen-bond donors (Lipinski definition) is 1. The van der Waals surface area contributed by atoms with Gasteiger partial charge in [0.1, 0.15) is 5.69 Å². The fraction of sp³-hybridized carbons (Fsp3) is 0.625. The number of nitrogens with zero attached hydrogens (tertiary/aromatic N) is 2. The normalized spacial score (nSPS) is 17.9. The molecule has 1 aliphatic rings. The minimum Gasteiger partial charge on any atom is -0.364 e. The number of hydrogen-bond acceptors (Lipinski definition) is 4. The molecule has 1 heterocycles. The van der Waals surface area contributed by atoms with Gasteiger partial charge in [-0.15, -0.1) is 0 Å². The molecule has 1 unspecified atom stereocenters. The molecule has 0 amide bonds. The molecule has 0 spiro atoms. The summed E-state index contributed by atoms with van der Waals surface area (Å²) in [6.07, 6.45) is 4.50. The molecule has 1 aliphatic heterocycles. The van der Waals surface area contributed by atoms with Crippen LogP contribution in [0.1, 0.15) is 38.2 Å². The Balaban J connectivity index is 2.25. The highest BCUT2D eigenvalue weighted by atomic mass is 16.6. The van der Waals surface area contributed by atoms with Crippen molar-refractivity contribution in [3.8, 4) is 0 Å². The molecule has 5 heteroatoms. The lowest BCUT2D eigenvalue weighted by Gasteiger charge is -2.28. The van der Waals surface area contributed by atoms with Crippen LogP contribution in [0.3, 0.4) is 0 Å². The van der Waals surface area contributed by atoms with E-state index in [2.05, 4.69) is 17.1 Å². The second-order valence-corrected chi connectivity index (χ2v) is 5.84. The van der Waals surface area contributed by atoms with E-state index < -0.39 is 0 Å². The largest absolute Gasteiger partial charge is 0.364 e. The zero-order chi connectivity index (χ0) is 15.2. The van der Waals surface area contributed by atoms with Crippen LogP contribution in [0.15, 0.2) is 18.2 Å². The van der Waals surface area contributed by atoms with Crippen LogP contribution in [0.5, 0.6) is 0 Å². The van der Waals surface area contributed by atoms with Crippen LogP contribution in [0.2, 0.25) is 0 Å². The quantitative estimate of drug-likeness (QED) is 0.619. The number of nitrogens with one attached hydrogen (secondary N) is 1. The van der Waals surface area contributed by atoms with Crippen LogP contribution in [-0.4, -0.2) is 30.6 Å². The topological polar surface area (TPSA) is 58.4 Å². The summed E-state index contributed by atoms with van der Waals surface area (Å²) in [4.78, 5) is 13.2. The summed E-state index contributed by atoms with van der Waals surface area (Å²) >= 11 is 0. The van der Waals surface area contributed by atoms with E-state index in [1.807, 2.05) is 19.1 Å².